The average Bonchev–Trinajstić information content (AvgIpc) is 3.25. The molecule has 0 radical (unpaired) electrons. The number of hydrogen-bond acceptors (Lipinski definition) is 7. The molecule has 0 aromatic heterocycles. The topological polar surface area (TPSA) is 108 Å². The minimum atomic E-state index is -4.26. The summed E-state index contributed by atoms with van der Waals surface area (Å²) in [7, 11) is -3.19. The maximum Gasteiger partial charge on any atom is 0.472 e. The molecule has 0 spiro atoms. The highest BCUT2D eigenvalue weighted by atomic mass is 31.2. The van der Waals surface area contributed by atoms with E-state index in [1.807, 2.05) is 0 Å². The van der Waals surface area contributed by atoms with Crippen molar-refractivity contribution in [2.24, 2.45) is 0 Å². The van der Waals surface area contributed by atoms with Crippen LogP contribution in [0.3, 0.4) is 0 Å². The molecule has 0 fully saturated rings. The Hall–Kier alpha value is -0.950. The second-order valence-corrected chi connectivity index (χ2v) is 19.9. The fraction of sp³-hybridized carbons (Fsp3) is 0.962. The first kappa shape index (κ1) is 60.1. The molecule has 0 aliphatic carbocycles. The SMILES string of the molecule is CCCCCCCCCCCCCCCCCCCCCCCC(=O)OCC(COP(=O)(O)OC)OC(=O)CCCCCCCCCCCCCCCCCCCCCCC. The summed E-state index contributed by atoms with van der Waals surface area (Å²) < 4.78 is 32.2. The normalized spacial score (nSPS) is 13.0. The number of ether oxygens (including phenoxy) is 2. The summed E-state index contributed by atoms with van der Waals surface area (Å²) >= 11 is 0. The Balaban J connectivity index is 3.81. The third kappa shape index (κ3) is 48.3. The molecule has 9 heteroatoms. The fourth-order valence-corrected chi connectivity index (χ4v) is 8.71. The van der Waals surface area contributed by atoms with Crippen LogP contribution in [0.1, 0.15) is 296 Å². The van der Waals surface area contributed by atoms with E-state index in [2.05, 4.69) is 18.4 Å². The van der Waals surface area contributed by atoms with Gasteiger partial charge in [-0.05, 0) is 12.8 Å². The van der Waals surface area contributed by atoms with Gasteiger partial charge < -0.3 is 14.4 Å². The molecule has 0 amide bonds. The van der Waals surface area contributed by atoms with E-state index >= 15 is 0 Å². The molecule has 2 unspecified atom stereocenters. The van der Waals surface area contributed by atoms with Crippen LogP contribution >= 0.6 is 7.82 Å². The van der Waals surface area contributed by atoms with Crippen LogP contribution in [0.5, 0.6) is 0 Å². The third-order valence-corrected chi connectivity index (χ3v) is 13.3. The summed E-state index contributed by atoms with van der Waals surface area (Å²) in [4.78, 5) is 34.7. The molecule has 0 aliphatic rings. The van der Waals surface area contributed by atoms with Crippen molar-refractivity contribution in [2.45, 2.75) is 302 Å². The maximum absolute atomic E-state index is 12.6. The van der Waals surface area contributed by atoms with Crippen molar-refractivity contribution in [1.29, 1.82) is 0 Å². The highest BCUT2D eigenvalue weighted by molar-refractivity contribution is 7.47. The Kier molecular flexibility index (Phi) is 47.7. The van der Waals surface area contributed by atoms with E-state index < -0.39 is 19.9 Å². The zero-order valence-electron chi connectivity index (χ0n) is 40.9. The first-order valence-electron chi connectivity index (χ1n) is 26.7. The van der Waals surface area contributed by atoms with Gasteiger partial charge in [-0.15, -0.1) is 0 Å². The number of rotatable bonds is 51. The van der Waals surface area contributed by atoms with Gasteiger partial charge in [0.05, 0.1) is 6.61 Å². The highest BCUT2D eigenvalue weighted by Crippen LogP contribution is 2.42. The number of hydrogen-bond donors (Lipinski definition) is 1. The Morgan fingerprint density at radius 3 is 0.902 bits per heavy atom. The van der Waals surface area contributed by atoms with E-state index in [9.17, 15) is 19.0 Å². The quantitative estimate of drug-likeness (QED) is 0.0365. The number of phosphoric acid groups is 1. The smallest absolute Gasteiger partial charge is 0.462 e. The van der Waals surface area contributed by atoms with Crippen molar-refractivity contribution in [3.05, 3.63) is 0 Å². The lowest BCUT2D eigenvalue weighted by molar-refractivity contribution is -0.161. The van der Waals surface area contributed by atoms with Crippen LogP contribution in [0.2, 0.25) is 0 Å². The molecule has 61 heavy (non-hydrogen) atoms. The zero-order valence-corrected chi connectivity index (χ0v) is 41.8. The monoisotopic (exact) mass is 887 g/mol. The molecular formula is C52H103O8P. The van der Waals surface area contributed by atoms with E-state index in [4.69, 9.17) is 14.0 Å². The summed E-state index contributed by atoms with van der Waals surface area (Å²) in [6.45, 7) is 3.96. The van der Waals surface area contributed by atoms with E-state index in [0.29, 0.717) is 6.42 Å². The van der Waals surface area contributed by atoms with Crippen LogP contribution in [0.25, 0.3) is 0 Å². The van der Waals surface area contributed by atoms with Crippen molar-refractivity contribution in [3.63, 3.8) is 0 Å². The lowest BCUT2D eigenvalue weighted by Gasteiger charge is -2.19. The second kappa shape index (κ2) is 48.5. The lowest BCUT2D eigenvalue weighted by Crippen LogP contribution is -2.29. The molecule has 0 bridgehead atoms. The first-order valence-corrected chi connectivity index (χ1v) is 28.2. The minimum absolute atomic E-state index is 0.215. The van der Waals surface area contributed by atoms with Crippen LogP contribution in [0.4, 0.5) is 0 Å². The molecule has 0 rings (SSSR count). The van der Waals surface area contributed by atoms with Crippen LogP contribution in [0.15, 0.2) is 0 Å². The molecule has 1 N–H and O–H groups in total. The molecule has 364 valence electrons. The van der Waals surface area contributed by atoms with Crippen LogP contribution in [-0.4, -0.2) is 43.3 Å². The Morgan fingerprint density at radius 1 is 0.393 bits per heavy atom. The molecule has 0 heterocycles. The summed E-state index contributed by atoms with van der Waals surface area (Å²) in [6.07, 6.45) is 54.6. The minimum Gasteiger partial charge on any atom is -0.462 e. The van der Waals surface area contributed by atoms with Gasteiger partial charge in [0, 0.05) is 20.0 Å². The number of esters is 2. The molecule has 2 atom stereocenters. The van der Waals surface area contributed by atoms with Gasteiger partial charge in [-0.2, -0.15) is 0 Å². The van der Waals surface area contributed by atoms with Gasteiger partial charge in [-0.3, -0.25) is 18.6 Å². The fourth-order valence-electron chi connectivity index (χ4n) is 8.25. The van der Waals surface area contributed by atoms with Crippen LogP contribution < -0.4 is 0 Å². The van der Waals surface area contributed by atoms with Gasteiger partial charge in [-0.25, -0.2) is 4.57 Å². The zero-order chi connectivity index (χ0) is 44.6. The third-order valence-electron chi connectivity index (χ3n) is 12.4. The Morgan fingerprint density at radius 2 is 0.639 bits per heavy atom. The van der Waals surface area contributed by atoms with Gasteiger partial charge in [0.25, 0.3) is 0 Å². The van der Waals surface area contributed by atoms with Gasteiger partial charge in [-0.1, -0.05) is 271 Å². The summed E-state index contributed by atoms with van der Waals surface area (Å²) in [5.41, 5.74) is 0. The van der Waals surface area contributed by atoms with E-state index in [1.165, 1.54) is 231 Å². The molecule has 0 aliphatic heterocycles. The van der Waals surface area contributed by atoms with Gasteiger partial charge in [0.1, 0.15) is 6.61 Å². The lowest BCUT2D eigenvalue weighted by atomic mass is 10.0. The molecule has 0 saturated heterocycles. The molecule has 0 aromatic carbocycles. The van der Waals surface area contributed by atoms with E-state index in [-0.39, 0.29) is 25.6 Å². The van der Waals surface area contributed by atoms with Crippen molar-refractivity contribution < 1.29 is 37.6 Å². The Bertz CT molecular complexity index is 962. The van der Waals surface area contributed by atoms with Gasteiger partial charge in [0.15, 0.2) is 6.10 Å². The van der Waals surface area contributed by atoms with E-state index in [0.717, 1.165) is 45.6 Å². The van der Waals surface area contributed by atoms with Gasteiger partial charge in [0.2, 0.25) is 0 Å². The highest BCUT2D eigenvalue weighted by Gasteiger charge is 2.24. The number of phosphoric ester groups is 1. The predicted octanol–water partition coefficient (Wildman–Crippen LogP) is 17.4. The molecule has 0 saturated carbocycles. The van der Waals surface area contributed by atoms with E-state index in [1.54, 1.807) is 0 Å². The van der Waals surface area contributed by atoms with Crippen molar-refractivity contribution in [1.82, 2.24) is 0 Å². The standard InChI is InChI=1S/C52H103O8P/c1-4-6-8-10-12-14-16-18-20-22-24-26-28-30-32-34-36-38-40-42-44-46-51(53)58-48-50(49-59-61(55,56)57-3)60-52(54)47-45-43-41-39-37-35-33-31-29-27-25-23-21-19-17-15-13-11-9-7-5-2/h50H,4-49H2,1-3H3,(H,55,56). The second-order valence-electron chi connectivity index (χ2n) is 18.4. The number of carbonyl (C=O) groups is 2. The molecule has 0 aromatic rings. The predicted molar refractivity (Wildman–Crippen MR) is 258 cm³/mol. The first-order chi connectivity index (χ1) is 29.8. The van der Waals surface area contributed by atoms with Crippen molar-refractivity contribution in [3.8, 4) is 0 Å². The summed E-state index contributed by atoms with van der Waals surface area (Å²) in [6, 6.07) is 0. The van der Waals surface area contributed by atoms with Crippen molar-refractivity contribution in [2.75, 3.05) is 20.3 Å². The van der Waals surface area contributed by atoms with Crippen molar-refractivity contribution >= 4 is 19.8 Å². The number of carbonyl (C=O) groups excluding carboxylic acids is 2. The van der Waals surface area contributed by atoms with Gasteiger partial charge >= 0.3 is 19.8 Å². The largest absolute Gasteiger partial charge is 0.472 e. The summed E-state index contributed by atoms with van der Waals surface area (Å²) in [5, 5.41) is 0. The average molecular weight is 887 g/mol. The Labute approximate surface area is 378 Å². The maximum atomic E-state index is 12.6. The van der Waals surface area contributed by atoms with Crippen LogP contribution in [0, 0.1) is 0 Å². The molecule has 8 nitrogen and oxygen atoms in total. The molecular weight excluding hydrogens is 784 g/mol. The van der Waals surface area contributed by atoms with Crippen LogP contribution in [-0.2, 0) is 32.7 Å². The number of unbranched alkanes of at least 4 members (excludes halogenated alkanes) is 40. The summed E-state index contributed by atoms with van der Waals surface area (Å²) in [5.74, 6) is -0.779.